The van der Waals surface area contributed by atoms with Crippen LogP contribution in [0.3, 0.4) is 0 Å². The van der Waals surface area contributed by atoms with E-state index in [1.807, 2.05) is 35.2 Å². The lowest BCUT2D eigenvalue weighted by Gasteiger charge is -2.41. The summed E-state index contributed by atoms with van der Waals surface area (Å²) in [6, 6.07) is 13.8. The highest BCUT2D eigenvalue weighted by Gasteiger charge is 2.43. The van der Waals surface area contributed by atoms with Crippen molar-refractivity contribution in [3.63, 3.8) is 0 Å². The summed E-state index contributed by atoms with van der Waals surface area (Å²) in [5, 5.41) is 3.17. The normalized spacial score (nSPS) is 20.3. The number of halogens is 2. The van der Waals surface area contributed by atoms with Gasteiger partial charge in [-0.15, -0.1) is 0 Å². The summed E-state index contributed by atoms with van der Waals surface area (Å²) >= 11 is 0. The van der Waals surface area contributed by atoms with Crippen LogP contribution in [-0.2, 0) is 15.0 Å². The van der Waals surface area contributed by atoms with Crippen molar-refractivity contribution in [3.05, 3.63) is 65.7 Å². The number of hydrogen-bond donors (Lipinski definition) is 1. The summed E-state index contributed by atoms with van der Waals surface area (Å²) in [7, 11) is 0. The van der Waals surface area contributed by atoms with E-state index in [9.17, 15) is 18.4 Å². The molecule has 2 heterocycles. The van der Waals surface area contributed by atoms with Crippen LogP contribution in [0, 0.1) is 17.6 Å². The van der Waals surface area contributed by atoms with E-state index < -0.39 is 17.0 Å². The number of nitrogens with one attached hydrogen (secondary N) is 1. The standard InChI is InChI=1S/C25H29F2N3O2/c1-18(31)29-13-10-25(11-14-29,20-5-3-2-4-6-20)24(32)28-16-19-9-12-30(17-19)21-7-8-22(26)23(27)15-21/h2-8,15,19H,9-14,16-17H2,1H3,(H,28,32). The molecule has 32 heavy (non-hydrogen) atoms. The average Bonchev–Trinajstić information content (AvgIpc) is 3.29. The van der Waals surface area contributed by atoms with E-state index in [0.717, 1.165) is 24.6 Å². The number of piperidine rings is 1. The Labute approximate surface area is 187 Å². The molecule has 0 bridgehead atoms. The third kappa shape index (κ3) is 4.47. The summed E-state index contributed by atoms with van der Waals surface area (Å²) in [4.78, 5) is 29.1. The van der Waals surface area contributed by atoms with Crippen molar-refractivity contribution in [2.45, 2.75) is 31.6 Å². The molecule has 2 fully saturated rings. The Morgan fingerprint density at radius 1 is 1.03 bits per heavy atom. The zero-order valence-electron chi connectivity index (χ0n) is 18.3. The van der Waals surface area contributed by atoms with E-state index in [1.54, 1.807) is 17.9 Å². The van der Waals surface area contributed by atoms with Gasteiger partial charge in [0, 0.05) is 51.4 Å². The number of benzene rings is 2. The summed E-state index contributed by atoms with van der Waals surface area (Å²) < 4.78 is 26.8. The number of carbonyl (C=O) groups excluding carboxylic acids is 2. The Bertz CT molecular complexity index is 974. The number of anilines is 1. The van der Waals surface area contributed by atoms with Crippen molar-refractivity contribution in [3.8, 4) is 0 Å². The number of rotatable bonds is 5. The quantitative estimate of drug-likeness (QED) is 0.773. The van der Waals surface area contributed by atoms with Crippen molar-refractivity contribution < 1.29 is 18.4 Å². The van der Waals surface area contributed by atoms with E-state index in [0.29, 0.717) is 44.7 Å². The lowest BCUT2D eigenvalue weighted by molar-refractivity contribution is -0.135. The molecule has 5 nitrogen and oxygen atoms in total. The molecule has 0 spiro atoms. The molecular formula is C25H29F2N3O2. The Morgan fingerprint density at radius 3 is 2.41 bits per heavy atom. The Balaban J connectivity index is 1.41. The molecule has 0 aromatic heterocycles. The number of likely N-dealkylation sites (tertiary alicyclic amines) is 1. The second-order valence-electron chi connectivity index (χ2n) is 8.86. The number of nitrogens with zero attached hydrogens (tertiary/aromatic N) is 2. The second kappa shape index (κ2) is 9.27. The molecule has 2 aliphatic heterocycles. The number of hydrogen-bond acceptors (Lipinski definition) is 3. The van der Waals surface area contributed by atoms with Gasteiger partial charge in [-0.3, -0.25) is 9.59 Å². The molecule has 0 radical (unpaired) electrons. The molecule has 2 aliphatic rings. The lowest BCUT2D eigenvalue weighted by Crippen LogP contribution is -2.53. The number of amides is 2. The van der Waals surface area contributed by atoms with Crippen molar-refractivity contribution >= 4 is 17.5 Å². The zero-order chi connectivity index (χ0) is 22.7. The first-order valence-corrected chi connectivity index (χ1v) is 11.2. The second-order valence-corrected chi connectivity index (χ2v) is 8.86. The molecule has 1 atom stereocenters. The van der Waals surface area contributed by atoms with Gasteiger partial charge in [0.2, 0.25) is 11.8 Å². The van der Waals surface area contributed by atoms with Crippen LogP contribution in [0.15, 0.2) is 48.5 Å². The highest BCUT2D eigenvalue weighted by atomic mass is 19.2. The Kier molecular flexibility index (Phi) is 6.44. The highest BCUT2D eigenvalue weighted by Crippen LogP contribution is 2.36. The van der Waals surface area contributed by atoms with Crippen molar-refractivity contribution in [1.82, 2.24) is 10.2 Å². The summed E-state index contributed by atoms with van der Waals surface area (Å²) in [5.74, 6) is -1.43. The van der Waals surface area contributed by atoms with Crippen molar-refractivity contribution in [2.24, 2.45) is 5.92 Å². The molecular weight excluding hydrogens is 412 g/mol. The van der Waals surface area contributed by atoms with Gasteiger partial charge in [0.25, 0.3) is 0 Å². The van der Waals surface area contributed by atoms with Gasteiger partial charge < -0.3 is 15.1 Å². The van der Waals surface area contributed by atoms with Gasteiger partial charge in [-0.1, -0.05) is 30.3 Å². The van der Waals surface area contributed by atoms with Crippen LogP contribution in [0.2, 0.25) is 0 Å². The minimum Gasteiger partial charge on any atom is -0.371 e. The van der Waals surface area contributed by atoms with Gasteiger partial charge in [-0.05, 0) is 42.9 Å². The van der Waals surface area contributed by atoms with Crippen LogP contribution in [0.1, 0.15) is 31.7 Å². The minimum absolute atomic E-state index is 0.00169. The van der Waals surface area contributed by atoms with E-state index >= 15 is 0 Å². The van der Waals surface area contributed by atoms with E-state index in [1.165, 1.54) is 6.07 Å². The molecule has 0 saturated carbocycles. The third-order valence-corrected chi connectivity index (χ3v) is 6.93. The molecule has 170 valence electrons. The molecule has 0 aliphatic carbocycles. The number of carbonyl (C=O) groups is 2. The largest absolute Gasteiger partial charge is 0.371 e. The fourth-order valence-electron chi connectivity index (χ4n) is 4.93. The van der Waals surface area contributed by atoms with Gasteiger partial charge >= 0.3 is 0 Å². The molecule has 7 heteroatoms. The van der Waals surface area contributed by atoms with Crippen LogP contribution in [0.25, 0.3) is 0 Å². The summed E-state index contributed by atoms with van der Waals surface area (Å²) in [6.07, 6.45) is 2.05. The molecule has 2 aromatic carbocycles. The Morgan fingerprint density at radius 2 is 1.75 bits per heavy atom. The maximum absolute atomic E-state index is 13.6. The smallest absolute Gasteiger partial charge is 0.230 e. The van der Waals surface area contributed by atoms with Gasteiger partial charge in [0.1, 0.15) is 0 Å². The first-order valence-electron chi connectivity index (χ1n) is 11.2. The Hall–Kier alpha value is -2.96. The predicted octanol–water partition coefficient (Wildman–Crippen LogP) is 3.49. The van der Waals surface area contributed by atoms with E-state index in [2.05, 4.69) is 5.32 Å². The molecule has 4 rings (SSSR count). The minimum atomic E-state index is -0.848. The summed E-state index contributed by atoms with van der Waals surface area (Å²) in [6.45, 7) is 4.64. The molecule has 2 amide bonds. The van der Waals surface area contributed by atoms with Gasteiger partial charge in [0.05, 0.1) is 5.41 Å². The topological polar surface area (TPSA) is 52.7 Å². The first-order chi connectivity index (χ1) is 15.4. The lowest BCUT2D eigenvalue weighted by atomic mass is 9.72. The zero-order valence-corrected chi connectivity index (χ0v) is 18.3. The maximum Gasteiger partial charge on any atom is 0.230 e. The van der Waals surface area contributed by atoms with E-state index in [4.69, 9.17) is 0 Å². The van der Waals surface area contributed by atoms with E-state index in [-0.39, 0.29) is 17.7 Å². The summed E-state index contributed by atoms with van der Waals surface area (Å²) in [5.41, 5.74) is 0.997. The predicted molar refractivity (Wildman–Crippen MR) is 119 cm³/mol. The molecule has 2 saturated heterocycles. The molecule has 2 aromatic rings. The fourth-order valence-corrected chi connectivity index (χ4v) is 4.93. The highest BCUT2D eigenvalue weighted by molar-refractivity contribution is 5.88. The molecule has 1 N–H and O–H groups in total. The van der Waals surface area contributed by atoms with Crippen LogP contribution in [0.5, 0.6) is 0 Å². The molecule has 1 unspecified atom stereocenters. The fraction of sp³-hybridized carbons (Fsp3) is 0.440. The average molecular weight is 442 g/mol. The van der Waals surface area contributed by atoms with Crippen LogP contribution in [-0.4, -0.2) is 49.4 Å². The monoisotopic (exact) mass is 441 g/mol. The van der Waals surface area contributed by atoms with Crippen molar-refractivity contribution in [1.29, 1.82) is 0 Å². The van der Waals surface area contributed by atoms with Crippen LogP contribution >= 0.6 is 0 Å². The van der Waals surface area contributed by atoms with Crippen molar-refractivity contribution in [2.75, 3.05) is 37.6 Å². The van der Waals surface area contributed by atoms with Gasteiger partial charge in [0.15, 0.2) is 11.6 Å². The van der Waals surface area contributed by atoms with Gasteiger partial charge in [-0.2, -0.15) is 0 Å². The van der Waals surface area contributed by atoms with Gasteiger partial charge in [-0.25, -0.2) is 8.78 Å². The SMILES string of the molecule is CC(=O)N1CCC(C(=O)NCC2CCN(c3ccc(F)c(F)c3)C2)(c2ccccc2)CC1. The first kappa shape index (κ1) is 22.2. The third-order valence-electron chi connectivity index (χ3n) is 6.93. The maximum atomic E-state index is 13.6. The van der Waals surface area contributed by atoms with Crippen LogP contribution in [0.4, 0.5) is 14.5 Å². The van der Waals surface area contributed by atoms with Crippen LogP contribution < -0.4 is 10.2 Å².